The lowest BCUT2D eigenvalue weighted by molar-refractivity contribution is -0.110. The Bertz CT molecular complexity index is 302. The number of rotatable bonds is 5. The minimum Gasteiger partial charge on any atom is -0.390 e. The molecule has 1 rings (SSSR count). The number of benzene rings is 1. The third-order valence-electron chi connectivity index (χ3n) is 2.02. The number of ether oxygens (including phenoxy) is 2. The Kier molecular flexibility index (Phi) is 5.05. The van der Waals surface area contributed by atoms with Crippen molar-refractivity contribution in [3.63, 3.8) is 0 Å². The summed E-state index contributed by atoms with van der Waals surface area (Å²) in [6.07, 6.45) is -1.10. The van der Waals surface area contributed by atoms with Crippen LogP contribution in [0.15, 0.2) is 24.3 Å². The minimum atomic E-state index is -0.639. The molecule has 1 aromatic rings. The first-order valence-electron chi connectivity index (χ1n) is 4.70. The lowest BCUT2D eigenvalue weighted by Crippen LogP contribution is -2.19. The summed E-state index contributed by atoms with van der Waals surface area (Å²) in [6, 6.07) is 7.28. The van der Waals surface area contributed by atoms with Gasteiger partial charge in [-0.2, -0.15) is 0 Å². The average Bonchev–Trinajstić information content (AvgIpc) is 2.20. The van der Waals surface area contributed by atoms with E-state index in [1.165, 1.54) is 7.11 Å². The second-order valence-electron chi connectivity index (χ2n) is 3.26. The highest BCUT2D eigenvalue weighted by atomic mass is 35.5. The van der Waals surface area contributed by atoms with E-state index >= 15 is 0 Å². The Morgan fingerprint density at radius 1 is 1.40 bits per heavy atom. The second-order valence-corrected chi connectivity index (χ2v) is 3.66. The molecule has 0 saturated heterocycles. The molecule has 0 aromatic heterocycles. The predicted molar refractivity (Wildman–Crippen MR) is 58.8 cm³/mol. The maximum atomic E-state index is 9.58. The highest BCUT2D eigenvalue weighted by molar-refractivity contribution is 6.31. The molecule has 0 aliphatic heterocycles. The summed E-state index contributed by atoms with van der Waals surface area (Å²) in [5, 5.41) is 10.2. The van der Waals surface area contributed by atoms with Gasteiger partial charge in [0.2, 0.25) is 0 Å². The summed E-state index contributed by atoms with van der Waals surface area (Å²) in [4.78, 5) is 0. The van der Waals surface area contributed by atoms with Crippen molar-refractivity contribution >= 4 is 11.6 Å². The van der Waals surface area contributed by atoms with Crippen molar-refractivity contribution < 1.29 is 14.6 Å². The van der Waals surface area contributed by atoms with Crippen LogP contribution in [0.3, 0.4) is 0 Å². The maximum Gasteiger partial charge on any atom is 0.147 e. The fourth-order valence-electron chi connectivity index (χ4n) is 1.34. The predicted octanol–water partition coefficient (Wildman–Crippen LogP) is 2.38. The number of aliphatic hydroxyl groups excluding tert-OH is 1. The van der Waals surface area contributed by atoms with Crippen LogP contribution in [-0.2, 0) is 9.47 Å². The standard InChI is InChI=1S/C11H15ClO3/c1-8(13)11(15-7-14-2)9-5-3-4-6-10(9)12/h3-6,8,11,13H,7H2,1-2H3/t8-,11-/m1/s1. The van der Waals surface area contributed by atoms with Gasteiger partial charge in [-0.05, 0) is 13.0 Å². The zero-order valence-corrected chi connectivity index (χ0v) is 9.57. The zero-order valence-electron chi connectivity index (χ0n) is 8.81. The Morgan fingerprint density at radius 3 is 2.60 bits per heavy atom. The first-order chi connectivity index (χ1) is 7.16. The third-order valence-corrected chi connectivity index (χ3v) is 2.36. The highest BCUT2D eigenvalue weighted by Gasteiger charge is 2.20. The summed E-state index contributed by atoms with van der Waals surface area (Å²) in [5.41, 5.74) is 0.770. The summed E-state index contributed by atoms with van der Waals surface area (Å²) in [6.45, 7) is 1.78. The zero-order chi connectivity index (χ0) is 11.3. The molecule has 0 fully saturated rings. The van der Waals surface area contributed by atoms with Gasteiger partial charge in [0.25, 0.3) is 0 Å². The van der Waals surface area contributed by atoms with E-state index in [-0.39, 0.29) is 6.79 Å². The van der Waals surface area contributed by atoms with Gasteiger partial charge in [0.15, 0.2) is 0 Å². The monoisotopic (exact) mass is 230 g/mol. The van der Waals surface area contributed by atoms with Gasteiger partial charge < -0.3 is 14.6 Å². The fourth-order valence-corrected chi connectivity index (χ4v) is 1.58. The number of halogens is 1. The first-order valence-corrected chi connectivity index (χ1v) is 5.07. The van der Waals surface area contributed by atoms with Gasteiger partial charge >= 0.3 is 0 Å². The molecule has 0 unspecified atom stereocenters. The van der Waals surface area contributed by atoms with Crippen LogP contribution in [0.2, 0.25) is 5.02 Å². The van der Waals surface area contributed by atoms with Gasteiger partial charge in [0, 0.05) is 17.7 Å². The average molecular weight is 231 g/mol. The molecule has 0 bridgehead atoms. The van der Waals surface area contributed by atoms with Crippen LogP contribution < -0.4 is 0 Å². The fraction of sp³-hybridized carbons (Fsp3) is 0.455. The molecular formula is C11H15ClO3. The topological polar surface area (TPSA) is 38.7 Å². The van der Waals surface area contributed by atoms with Crippen molar-refractivity contribution in [2.24, 2.45) is 0 Å². The Morgan fingerprint density at radius 2 is 2.07 bits per heavy atom. The van der Waals surface area contributed by atoms with Crippen LogP contribution in [0, 0.1) is 0 Å². The van der Waals surface area contributed by atoms with E-state index in [0.717, 1.165) is 5.56 Å². The SMILES string of the molecule is COCO[C@@H](c1ccccc1Cl)[C@@H](C)O. The van der Waals surface area contributed by atoms with E-state index in [9.17, 15) is 5.11 Å². The molecule has 0 saturated carbocycles. The van der Waals surface area contributed by atoms with Crippen molar-refractivity contribution in [3.05, 3.63) is 34.9 Å². The quantitative estimate of drug-likeness (QED) is 0.790. The number of hydrogen-bond donors (Lipinski definition) is 1. The van der Waals surface area contributed by atoms with E-state index in [2.05, 4.69) is 0 Å². The molecule has 4 heteroatoms. The van der Waals surface area contributed by atoms with Gasteiger partial charge in [-0.1, -0.05) is 29.8 Å². The normalized spacial score (nSPS) is 14.9. The van der Waals surface area contributed by atoms with Crippen LogP contribution in [-0.4, -0.2) is 25.1 Å². The maximum absolute atomic E-state index is 9.58. The van der Waals surface area contributed by atoms with E-state index in [4.69, 9.17) is 21.1 Å². The first kappa shape index (κ1) is 12.5. The van der Waals surface area contributed by atoms with E-state index in [1.54, 1.807) is 13.0 Å². The van der Waals surface area contributed by atoms with Crippen LogP contribution in [0.5, 0.6) is 0 Å². The molecule has 0 aliphatic carbocycles. The number of hydrogen-bond acceptors (Lipinski definition) is 3. The van der Waals surface area contributed by atoms with E-state index in [0.29, 0.717) is 5.02 Å². The molecule has 0 heterocycles. The van der Waals surface area contributed by atoms with E-state index < -0.39 is 12.2 Å². The Hall–Kier alpha value is -0.610. The molecular weight excluding hydrogens is 216 g/mol. The van der Waals surface area contributed by atoms with Gasteiger partial charge in [-0.3, -0.25) is 0 Å². The van der Waals surface area contributed by atoms with Crippen LogP contribution >= 0.6 is 11.6 Å². The van der Waals surface area contributed by atoms with Crippen molar-refractivity contribution in [2.75, 3.05) is 13.9 Å². The van der Waals surface area contributed by atoms with Crippen LogP contribution in [0.1, 0.15) is 18.6 Å². The minimum absolute atomic E-state index is 0.126. The molecule has 15 heavy (non-hydrogen) atoms. The molecule has 0 radical (unpaired) electrons. The van der Waals surface area contributed by atoms with E-state index in [1.807, 2.05) is 18.2 Å². The van der Waals surface area contributed by atoms with Gasteiger partial charge in [0.1, 0.15) is 12.9 Å². The molecule has 1 N–H and O–H groups in total. The summed E-state index contributed by atoms with van der Waals surface area (Å²) >= 11 is 6.01. The van der Waals surface area contributed by atoms with Crippen LogP contribution in [0.25, 0.3) is 0 Å². The highest BCUT2D eigenvalue weighted by Crippen LogP contribution is 2.27. The third kappa shape index (κ3) is 3.47. The molecule has 3 nitrogen and oxygen atoms in total. The summed E-state index contributed by atoms with van der Waals surface area (Å²) in [5.74, 6) is 0. The van der Waals surface area contributed by atoms with Crippen molar-refractivity contribution in [1.82, 2.24) is 0 Å². The summed E-state index contributed by atoms with van der Waals surface area (Å²) in [7, 11) is 1.53. The molecule has 0 spiro atoms. The van der Waals surface area contributed by atoms with Crippen molar-refractivity contribution in [3.8, 4) is 0 Å². The summed E-state index contributed by atoms with van der Waals surface area (Å²) < 4.78 is 10.2. The molecule has 84 valence electrons. The van der Waals surface area contributed by atoms with Gasteiger partial charge in [-0.15, -0.1) is 0 Å². The largest absolute Gasteiger partial charge is 0.390 e. The van der Waals surface area contributed by atoms with Crippen LogP contribution in [0.4, 0.5) is 0 Å². The molecule has 2 atom stereocenters. The smallest absolute Gasteiger partial charge is 0.147 e. The van der Waals surface area contributed by atoms with Gasteiger partial charge in [0.05, 0.1) is 6.10 Å². The second kappa shape index (κ2) is 6.08. The number of methoxy groups -OCH3 is 1. The Balaban J connectivity index is 2.84. The van der Waals surface area contributed by atoms with Crippen molar-refractivity contribution in [1.29, 1.82) is 0 Å². The molecule has 1 aromatic carbocycles. The Labute approximate surface area is 94.6 Å². The lowest BCUT2D eigenvalue weighted by atomic mass is 10.1. The lowest BCUT2D eigenvalue weighted by Gasteiger charge is -2.21. The molecule has 0 amide bonds. The molecule has 0 aliphatic rings. The number of aliphatic hydroxyl groups is 1. The van der Waals surface area contributed by atoms with Gasteiger partial charge in [-0.25, -0.2) is 0 Å². The van der Waals surface area contributed by atoms with Crippen molar-refractivity contribution in [2.45, 2.75) is 19.1 Å².